The fourth-order valence-electron chi connectivity index (χ4n) is 3.04. The minimum atomic E-state index is -0.504. The van der Waals surface area contributed by atoms with Gasteiger partial charge >= 0.3 is 0 Å². The number of rotatable bonds is 6. The summed E-state index contributed by atoms with van der Waals surface area (Å²) in [6.45, 7) is 2.28. The second-order valence-corrected chi connectivity index (χ2v) is 7.93. The molecule has 1 atom stereocenters. The van der Waals surface area contributed by atoms with E-state index in [0.29, 0.717) is 5.75 Å². The fraction of sp³-hybridized carbons (Fsp3) is 0.182. The van der Waals surface area contributed by atoms with E-state index in [1.807, 2.05) is 18.2 Å². The molecular weight excluding hydrogens is 354 g/mol. The maximum absolute atomic E-state index is 5.67. The molecule has 0 aliphatic heterocycles. The number of ether oxygens (including phenoxy) is 3. The molecule has 0 aromatic heterocycles. The van der Waals surface area contributed by atoms with Gasteiger partial charge in [0.05, 0.1) is 26.9 Å². The summed E-state index contributed by atoms with van der Waals surface area (Å²) in [6, 6.07) is 22.9. The molecule has 3 aromatic carbocycles. The van der Waals surface area contributed by atoms with Crippen LogP contribution in [0.1, 0.15) is 0 Å². The highest BCUT2D eigenvalue weighted by Crippen LogP contribution is 2.44. The van der Waals surface area contributed by atoms with Crippen molar-refractivity contribution in [2.45, 2.75) is 0 Å². The standard InChI is InChI=1S/C22H23O3P.B/c1-23-16-14-19(24-2)22(20(15-16)25-3)18-12-8-9-13-21(18)26(4)17-10-6-5-7-11-17;/h5-15H,1-4H3;/t26-;/m0./s1. The quantitative estimate of drug-likeness (QED) is 0.479. The van der Waals surface area contributed by atoms with Crippen molar-refractivity contribution in [3.8, 4) is 28.4 Å². The summed E-state index contributed by atoms with van der Waals surface area (Å²) < 4.78 is 16.7. The third-order valence-corrected chi connectivity index (χ3v) is 6.58. The van der Waals surface area contributed by atoms with Crippen molar-refractivity contribution >= 4 is 26.9 Å². The molecule has 0 saturated carbocycles. The molecule has 0 N–H and O–H groups in total. The second kappa shape index (κ2) is 9.48. The lowest BCUT2D eigenvalue weighted by molar-refractivity contribution is 0.377. The Labute approximate surface area is 164 Å². The SMILES string of the molecule is COc1cc(OC)c(-c2ccccc2[P@@](C)c2ccccc2)c(OC)c1.[B]. The Bertz CT molecular complexity index is 859. The van der Waals surface area contributed by atoms with E-state index in [4.69, 9.17) is 14.2 Å². The molecule has 3 nitrogen and oxygen atoms in total. The van der Waals surface area contributed by atoms with Crippen molar-refractivity contribution in [2.75, 3.05) is 28.0 Å². The van der Waals surface area contributed by atoms with Gasteiger partial charge in [-0.3, -0.25) is 0 Å². The van der Waals surface area contributed by atoms with E-state index >= 15 is 0 Å². The van der Waals surface area contributed by atoms with Gasteiger partial charge in [0.25, 0.3) is 0 Å². The lowest BCUT2D eigenvalue weighted by atomic mass is 10.0. The summed E-state index contributed by atoms with van der Waals surface area (Å²) in [7, 11) is 4.48. The van der Waals surface area contributed by atoms with Crippen LogP contribution in [0, 0.1) is 0 Å². The van der Waals surface area contributed by atoms with Gasteiger partial charge in [-0.15, -0.1) is 0 Å². The van der Waals surface area contributed by atoms with Crippen molar-refractivity contribution in [3.63, 3.8) is 0 Å². The molecule has 0 fully saturated rings. The smallest absolute Gasteiger partial charge is 0.134 e. The van der Waals surface area contributed by atoms with Crippen LogP contribution in [0.4, 0.5) is 0 Å². The van der Waals surface area contributed by atoms with Crippen molar-refractivity contribution in [2.24, 2.45) is 0 Å². The molecule has 0 spiro atoms. The van der Waals surface area contributed by atoms with Crippen LogP contribution >= 0.6 is 7.92 Å². The van der Waals surface area contributed by atoms with Gasteiger partial charge in [-0.2, -0.15) is 0 Å². The predicted molar refractivity (Wildman–Crippen MR) is 116 cm³/mol. The van der Waals surface area contributed by atoms with Gasteiger partial charge in [-0.05, 0) is 30.8 Å². The molecule has 3 rings (SSSR count). The molecule has 27 heavy (non-hydrogen) atoms. The highest BCUT2D eigenvalue weighted by Gasteiger charge is 2.20. The van der Waals surface area contributed by atoms with Crippen molar-refractivity contribution in [1.29, 1.82) is 0 Å². The van der Waals surface area contributed by atoms with E-state index in [0.717, 1.165) is 22.6 Å². The topological polar surface area (TPSA) is 27.7 Å². The van der Waals surface area contributed by atoms with Gasteiger partial charge in [0, 0.05) is 20.5 Å². The molecule has 0 aliphatic carbocycles. The molecule has 3 radical (unpaired) electrons. The van der Waals surface area contributed by atoms with Gasteiger partial charge in [-0.25, -0.2) is 0 Å². The van der Waals surface area contributed by atoms with Crippen LogP contribution < -0.4 is 24.8 Å². The molecule has 0 unspecified atom stereocenters. The van der Waals surface area contributed by atoms with Gasteiger partial charge in [-0.1, -0.05) is 54.6 Å². The number of methoxy groups -OCH3 is 3. The van der Waals surface area contributed by atoms with Gasteiger partial charge in [0.2, 0.25) is 0 Å². The van der Waals surface area contributed by atoms with E-state index in [9.17, 15) is 0 Å². The average molecular weight is 377 g/mol. The Balaban J connectivity index is 0.00000261. The predicted octanol–water partition coefficient (Wildman–Crippen LogP) is 4.06. The Morgan fingerprint density at radius 3 is 1.81 bits per heavy atom. The minimum Gasteiger partial charge on any atom is -0.496 e. The molecule has 137 valence electrons. The normalized spacial score (nSPS) is 11.3. The maximum atomic E-state index is 5.67. The van der Waals surface area contributed by atoms with Gasteiger partial charge in [0.1, 0.15) is 17.2 Å². The van der Waals surface area contributed by atoms with E-state index < -0.39 is 7.92 Å². The third kappa shape index (κ3) is 4.28. The molecule has 0 bridgehead atoms. The minimum absolute atomic E-state index is 0. The Morgan fingerprint density at radius 1 is 0.704 bits per heavy atom. The summed E-state index contributed by atoms with van der Waals surface area (Å²) >= 11 is 0. The van der Waals surface area contributed by atoms with Crippen molar-refractivity contribution in [1.82, 2.24) is 0 Å². The first kappa shape index (κ1) is 20.9. The van der Waals surface area contributed by atoms with E-state index in [1.54, 1.807) is 21.3 Å². The highest BCUT2D eigenvalue weighted by atomic mass is 31.1. The Kier molecular flexibility index (Phi) is 7.32. The molecular formula is C22H23BO3P. The summed E-state index contributed by atoms with van der Waals surface area (Å²) in [5, 5.41) is 2.62. The second-order valence-electron chi connectivity index (χ2n) is 5.82. The molecule has 3 aromatic rings. The zero-order valence-electron chi connectivity index (χ0n) is 16.1. The molecule has 5 heteroatoms. The van der Waals surface area contributed by atoms with Crippen LogP contribution in [0.15, 0.2) is 66.7 Å². The monoisotopic (exact) mass is 377 g/mol. The molecule has 0 amide bonds. The highest BCUT2D eigenvalue weighted by molar-refractivity contribution is 7.72. The van der Waals surface area contributed by atoms with E-state index in [1.165, 1.54) is 10.6 Å². The van der Waals surface area contributed by atoms with E-state index in [2.05, 4.69) is 55.2 Å². The lowest BCUT2D eigenvalue weighted by Crippen LogP contribution is -2.13. The van der Waals surface area contributed by atoms with Crippen LogP contribution in [0.2, 0.25) is 0 Å². The van der Waals surface area contributed by atoms with Crippen LogP contribution in [-0.2, 0) is 0 Å². The maximum Gasteiger partial charge on any atom is 0.134 e. The van der Waals surface area contributed by atoms with Crippen molar-refractivity contribution in [3.05, 3.63) is 66.7 Å². The lowest BCUT2D eigenvalue weighted by Gasteiger charge is -2.21. The largest absolute Gasteiger partial charge is 0.496 e. The van der Waals surface area contributed by atoms with Crippen molar-refractivity contribution < 1.29 is 14.2 Å². The Morgan fingerprint density at radius 2 is 1.26 bits per heavy atom. The zero-order valence-corrected chi connectivity index (χ0v) is 17.0. The van der Waals surface area contributed by atoms with Crippen LogP contribution in [-0.4, -0.2) is 36.4 Å². The zero-order chi connectivity index (χ0) is 18.5. The van der Waals surface area contributed by atoms with E-state index in [-0.39, 0.29) is 8.41 Å². The molecule has 0 saturated heterocycles. The first-order valence-corrected chi connectivity index (χ1v) is 10.2. The third-order valence-electron chi connectivity index (χ3n) is 4.39. The first-order chi connectivity index (χ1) is 12.7. The summed E-state index contributed by atoms with van der Waals surface area (Å²) in [5.41, 5.74) is 2.08. The van der Waals surface area contributed by atoms with Crippen LogP contribution in [0.25, 0.3) is 11.1 Å². The summed E-state index contributed by atoms with van der Waals surface area (Å²) in [4.78, 5) is 0. The van der Waals surface area contributed by atoms with Crippen LogP contribution in [0.3, 0.4) is 0 Å². The Hall–Kier alpha value is -2.45. The van der Waals surface area contributed by atoms with Gasteiger partial charge < -0.3 is 14.2 Å². The first-order valence-electron chi connectivity index (χ1n) is 8.37. The summed E-state index contributed by atoms with van der Waals surface area (Å²) in [6.07, 6.45) is 0. The fourth-order valence-corrected chi connectivity index (χ4v) is 4.79. The molecule has 0 heterocycles. The molecule has 0 aliphatic rings. The average Bonchev–Trinajstić information content (AvgIpc) is 2.72. The summed E-state index contributed by atoms with van der Waals surface area (Å²) in [5.74, 6) is 2.19. The number of hydrogen-bond acceptors (Lipinski definition) is 3. The van der Waals surface area contributed by atoms with Gasteiger partial charge in [0.15, 0.2) is 0 Å². The number of hydrogen-bond donors (Lipinski definition) is 0. The van der Waals surface area contributed by atoms with Crippen LogP contribution in [0.5, 0.6) is 17.2 Å². The number of benzene rings is 3.